The molecule has 0 saturated carbocycles. The molecule has 0 aromatic heterocycles. The summed E-state index contributed by atoms with van der Waals surface area (Å²) in [5, 5.41) is 9.31. The van der Waals surface area contributed by atoms with Crippen molar-refractivity contribution in [1.29, 1.82) is 5.26 Å². The van der Waals surface area contributed by atoms with Crippen molar-refractivity contribution in [3.8, 4) is 6.07 Å². The Morgan fingerprint density at radius 2 is 1.76 bits per heavy atom. The summed E-state index contributed by atoms with van der Waals surface area (Å²) in [5.41, 5.74) is 3.25. The van der Waals surface area contributed by atoms with Crippen molar-refractivity contribution >= 4 is 21.6 Å². The summed E-state index contributed by atoms with van der Waals surface area (Å²) in [6.07, 6.45) is 2.29. The Bertz CT molecular complexity index is 653. The van der Waals surface area contributed by atoms with Crippen LogP contribution < -0.4 is 4.90 Å². The van der Waals surface area contributed by atoms with E-state index in [0.29, 0.717) is 5.92 Å². The van der Waals surface area contributed by atoms with Gasteiger partial charge in [-0.25, -0.2) is 0 Å². The lowest BCUT2D eigenvalue weighted by Gasteiger charge is -2.34. The zero-order valence-corrected chi connectivity index (χ0v) is 13.4. The molecule has 3 rings (SSSR count). The summed E-state index contributed by atoms with van der Waals surface area (Å²) in [5.74, 6) is 0.642. The molecule has 2 aromatic carbocycles. The molecule has 0 atom stereocenters. The lowest BCUT2D eigenvalue weighted by Crippen LogP contribution is -2.33. The molecule has 2 nitrogen and oxygen atoms in total. The van der Waals surface area contributed by atoms with Crippen LogP contribution in [0.1, 0.15) is 29.9 Å². The summed E-state index contributed by atoms with van der Waals surface area (Å²) in [6.45, 7) is 2.02. The topological polar surface area (TPSA) is 27.0 Å². The Morgan fingerprint density at radius 1 is 1.05 bits per heavy atom. The Balaban J connectivity index is 1.73. The van der Waals surface area contributed by atoms with Gasteiger partial charge in [0.05, 0.1) is 11.3 Å². The first kappa shape index (κ1) is 14.2. The molecule has 0 unspecified atom stereocenters. The molecule has 0 bridgehead atoms. The van der Waals surface area contributed by atoms with Crippen molar-refractivity contribution in [2.75, 3.05) is 18.0 Å². The predicted octanol–water partition coefficient (Wildman–Crippen LogP) is 4.70. The first-order chi connectivity index (χ1) is 10.3. The van der Waals surface area contributed by atoms with Gasteiger partial charge in [-0.15, -0.1) is 0 Å². The molecule has 2 aromatic rings. The number of piperidine rings is 1. The molecule has 21 heavy (non-hydrogen) atoms. The molecule has 0 amide bonds. The molecule has 0 radical (unpaired) electrons. The van der Waals surface area contributed by atoms with E-state index in [2.05, 4.69) is 57.2 Å². The third-order valence-corrected chi connectivity index (χ3v) is 4.68. The van der Waals surface area contributed by atoms with E-state index in [1.807, 2.05) is 18.2 Å². The van der Waals surface area contributed by atoms with Gasteiger partial charge in [0.25, 0.3) is 0 Å². The van der Waals surface area contributed by atoms with Crippen molar-refractivity contribution in [3.63, 3.8) is 0 Å². The number of halogens is 1. The summed E-state index contributed by atoms with van der Waals surface area (Å²) in [7, 11) is 0. The number of rotatable bonds is 2. The van der Waals surface area contributed by atoms with E-state index < -0.39 is 0 Å². The Kier molecular flexibility index (Phi) is 4.26. The number of hydrogen-bond donors (Lipinski definition) is 0. The van der Waals surface area contributed by atoms with Crippen LogP contribution in [-0.2, 0) is 0 Å². The molecule has 106 valence electrons. The van der Waals surface area contributed by atoms with Crippen LogP contribution in [0.5, 0.6) is 0 Å². The molecular weight excluding hydrogens is 324 g/mol. The van der Waals surface area contributed by atoms with Crippen molar-refractivity contribution in [2.24, 2.45) is 0 Å². The van der Waals surface area contributed by atoms with Crippen LogP contribution in [0.15, 0.2) is 53.0 Å². The number of hydrogen-bond acceptors (Lipinski definition) is 2. The molecule has 3 heteroatoms. The zero-order valence-electron chi connectivity index (χ0n) is 11.8. The minimum atomic E-state index is 0.642. The fourth-order valence-electron chi connectivity index (χ4n) is 3.05. The average molecular weight is 341 g/mol. The quantitative estimate of drug-likeness (QED) is 0.791. The van der Waals surface area contributed by atoms with Gasteiger partial charge in [0.2, 0.25) is 0 Å². The van der Waals surface area contributed by atoms with Crippen LogP contribution in [0.3, 0.4) is 0 Å². The molecule has 1 aliphatic rings. The van der Waals surface area contributed by atoms with E-state index >= 15 is 0 Å². The molecule has 1 saturated heterocycles. The second kappa shape index (κ2) is 6.32. The highest BCUT2D eigenvalue weighted by molar-refractivity contribution is 9.10. The maximum Gasteiger partial charge on any atom is 0.101 e. The van der Waals surface area contributed by atoms with Crippen molar-refractivity contribution in [1.82, 2.24) is 0 Å². The Morgan fingerprint density at radius 3 is 2.43 bits per heavy atom. The number of nitrogens with zero attached hydrogens (tertiary/aromatic N) is 2. The minimum absolute atomic E-state index is 0.642. The highest BCUT2D eigenvalue weighted by Crippen LogP contribution is 2.32. The van der Waals surface area contributed by atoms with Gasteiger partial charge < -0.3 is 4.90 Å². The van der Waals surface area contributed by atoms with Crippen molar-refractivity contribution < 1.29 is 0 Å². The van der Waals surface area contributed by atoms with Gasteiger partial charge in [0.1, 0.15) is 6.07 Å². The molecule has 0 spiro atoms. The monoisotopic (exact) mass is 340 g/mol. The molecular formula is C18H17BrN2. The summed E-state index contributed by atoms with van der Waals surface area (Å²) in [4.78, 5) is 2.34. The molecule has 0 N–H and O–H groups in total. The maximum atomic E-state index is 9.31. The van der Waals surface area contributed by atoms with Gasteiger partial charge in [0, 0.05) is 17.6 Å². The van der Waals surface area contributed by atoms with Gasteiger partial charge in [-0.05, 0) is 42.5 Å². The number of nitriles is 1. The Labute approximate surface area is 134 Å². The van der Waals surface area contributed by atoms with Crippen LogP contribution in [0, 0.1) is 11.3 Å². The lowest BCUT2D eigenvalue weighted by molar-refractivity contribution is 0.505. The fourth-order valence-corrected chi connectivity index (χ4v) is 3.41. The third kappa shape index (κ3) is 3.11. The van der Waals surface area contributed by atoms with Crippen LogP contribution in [-0.4, -0.2) is 13.1 Å². The summed E-state index contributed by atoms with van der Waals surface area (Å²) >= 11 is 3.43. The first-order valence-electron chi connectivity index (χ1n) is 7.27. The number of anilines is 1. The SMILES string of the molecule is N#Cc1cc(Br)ccc1N1CCC(c2ccccc2)CC1. The van der Waals surface area contributed by atoms with Gasteiger partial charge in [-0.2, -0.15) is 5.26 Å². The van der Waals surface area contributed by atoms with Gasteiger partial charge in [0.15, 0.2) is 0 Å². The maximum absolute atomic E-state index is 9.31. The van der Waals surface area contributed by atoms with Crippen LogP contribution in [0.2, 0.25) is 0 Å². The number of benzene rings is 2. The summed E-state index contributed by atoms with van der Waals surface area (Å²) < 4.78 is 0.960. The molecule has 1 aliphatic heterocycles. The predicted molar refractivity (Wildman–Crippen MR) is 89.5 cm³/mol. The third-order valence-electron chi connectivity index (χ3n) is 4.19. The van der Waals surface area contributed by atoms with Gasteiger partial charge in [-0.3, -0.25) is 0 Å². The van der Waals surface area contributed by atoms with E-state index in [4.69, 9.17) is 0 Å². The second-order valence-electron chi connectivity index (χ2n) is 5.45. The molecule has 1 heterocycles. The largest absolute Gasteiger partial charge is 0.370 e. The van der Waals surface area contributed by atoms with Gasteiger partial charge in [-0.1, -0.05) is 46.3 Å². The van der Waals surface area contributed by atoms with E-state index in [9.17, 15) is 5.26 Å². The van der Waals surface area contributed by atoms with Crippen LogP contribution >= 0.6 is 15.9 Å². The lowest BCUT2D eigenvalue weighted by atomic mass is 9.89. The first-order valence-corrected chi connectivity index (χ1v) is 8.07. The van der Waals surface area contributed by atoms with E-state index in [-0.39, 0.29) is 0 Å². The smallest absolute Gasteiger partial charge is 0.101 e. The second-order valence-corrected chi connectivity index (χ2v) is 6.36. The standard InChI is InChI=1S/C18H17BrN2/c19-17-6-7-18(16(12-17)13-20)21-10-8-15(9-11-21)14-4-2-1-3-5-14/h1-7,12,15H,8-11H2. The van der Waals surface area contributed by atoms with Crippen LogP contribution in [0.4, 0.5) is 5.69 Å². The van der Waals surface area contributed by atoms with E-state index in [1.165, 1.54) is 5.56 Å². The van der Waals surface area contributed by atoms with Crippen molar-refractivity contribution in [2.45, 2.75) is 18.8 Å². The fraction of sp³-hybridized carbons (Fsp3) is 0.278. The normalized spacial score (nSPS) is 15.7. The highest BCUT2D eigenvalue weighted by Gasteiger charge is 2.22. The van der Waals surface area contributed by atoms with Crippen molar-refractivity contribution in [3.05, 3.63) is 64.1 Å². The minimum Gasteiger partial charge on any atom is -0.370 e. The zero-order chi connectivity index (χ0) is 14.7. The Hall–Kier alpha value is -1.79. The summed E-state index contributed by atoms with van der Waals surface area (Å²) in [6, 6.07) is 19.0. The van der Waals surface area contributed by atoms with E-state index in [0.717, 1.165) is 41.7 Å². The molecule has 1 fully saturated rings. The highest BCUT2D eigenvalue weighted by atomic mass is 79.9. The van der Waals surface area contributed by atoms with Crippen LogP contribution in [0.25, 0.3) is 0 Å². The van der Waals surface area contributed by atoms with E-state index in [1.54, 1.807) is 0 Å². The molecule has 0 aliphatic carbocycles. The average Bonchev–Trinajstić information content (AvgIpc) is 2.56. The van der Waals surface area contributed by atoms with Gasteiger partial charge >= 0.3 is 0 Å².